The molecular formula is C55H48N4OSZn. The van der Waals surface area contributed by atoms with Crippen LogP contribution in [0.4, 0.5) is 0 Å². The molecule has 5 nitrogen and oxygen atoms in total. The Hall–Kier alpha value is -5.88. The number of thioether (sulfide) groups is 1. The number of aryl methyl sites for hydroxylation is 9. The fourth-order valence-corrected chi connectivity index (χ4v) is 10.3. The summed E-state index contributed by atoms with van der Waals surface area (Å²) in [6, 6.07) is 30.2. The second kappa shape index (κ2) is 16.8. The summed E-state index contributed by atoms with van der Waals surface area (Å²) in [5.41, 5.74) is 25.7. The van der Waals surface area contributed by atoms with Crippen LogP contribution in [0, 0.1) is 62.3 Å². The van der Waals surface area contributed by atoms with E-state index in [1.165, 1.54) is 61.8 Å². The average molecular weight is 878 g/mol. The van der Waals surface area contributed by atoms with E-state index in [0.29, 0.717) is 0 Å². The van der Waals surface area contributed by atoms with Gasteiger partial charge in [0.15, 0.2) is 5.12 Å². The Morgan fingerprint density at radius 3 is 1.02 bits per heavy atom. The zero-order valence-corrected chi connectivity index (χ0v) is 41.0. The van der Waals surface area contributed by atoms with Gasteiger partial charge in [0.05, 0.1) is 22.8 Å². The zero-order chi connectivity index (χ0) is 42.9. The van der Waals surface area contributed by atoms with Crippen molar-refractivity contribution in [3.63, 3.8) is 0 Å². The van der Waals surface area contributed by atoms with E-state index in [2.05, 4.69) is 159 Å². The molecule has 2 aliphatic rings. The maximum atomic E-state index is 12.0. The third-order valence-electron chi connectivity index (χ3n) is 11.8. The maximum Gasteiger partial charge on any atom is 2.00 e. The van der Waals surface area contributed by atoms with Crippen LogP contribution in [-0.4, -0.2) is 15.1 Å². The number of hydrogen-bond donors (Lipinski definition) is 0. The molecule has 9 rings (SSSR count). The molecular weight excluding hydrogens is 830 g/mol. The summed E-state index contributed by atoms with van der Waals surface area (Å²) in [7, 11) is 0. The molecule has 302 valence electrons. The Balaban J connectivity index is 0.00000529. The number of carbonyl (C=O) groups excluding carboxylic acids is 1. The van der Waals surface area contributed by atoms with Gasteiger partial charge in [0.1, 0.15) is 0 Å². The van der Waals surface area contributed by atoms with Crippen LogP contribution in [0.1, 0.15) is 79.8 Å². The Morgan fingerprint density at radius 1 is 0.419 bits per heavy atom. The molecule has 3 aromatic heterocycles. The minimum Gasteiger partial charge on any atom is -0.657 e. The first-order valence-corrected chi connectivity index (χ1v) is 21.6. The van der Waals surface area contributed by atoms with Crippen molar-refractivity contribution >= 4 is 63.2 Å². The Bertz CT molecular complexity index is 3110. The summed E-state index contributed by atoms with van der Waals surface area (Å²) < 4.78 is 0. The van der Waals surface area contributed by atoms with Crippen LogP contribution in [0.25, 0.3) is 90.9 Å². The first kappa shape index (κ1) is 42.8. The normalized spacial score (nSPS) is 11.9. The van der Waals surface area contributed by atoms with Gasteiger partial charge in [0, 0.05) is 11.8 Å². The van der Waals surface area contributed by atoms with Crippen LogP contribution in [0.15, 0.2) is 89.8 Å². The molecule has 62 heavy (non-hydrogen) atoms. The molecule has 0 unspecified atom stereocenters. The number of carbonyl (C=O) groups is 1. The van der Waals surface area contributed by atoms with Crippen LogP contribution in [-0.2, 0) is 24.3 Å². The SMILES string of the molecule is CC(=O)Sc1ccc(-c2c3nc(c(-c4c(C)cc(C)cc4C)c4ccc([n-]4)c(-c4c(C)cc(C)cc4C)c4nc(c(-c5c(C)cc(C)cc5C)c5ccc2[n-]5)C=C4)C=C3)cc1.[Zn+2]. The molecule has 2 aliphatic heterocycles. The van der Waals surface area contributed by atoms with Crippen molar-refractivity contribution in [2.75, 3.05) is 0 Å². The van der Waals surface area contributed by atoms with Gasteiger partial charge >= 0.3 is 19.5 Å². The molecule has 7 heteroatoms. The van der Waals surface area contributed by atoms with Crippen LogP contribution in [0.5, 0.6) is 0 Å². The molecule has 0 saturated heterocycles. The van der Waals surface area contributed by atoms with Gasteiger partial charge in [0.2, 0.25) is 0 Å². The first-order chi connectivity index (χ1) is 29.2. The van der Waals surface area contributed by atoms with Crippen molar-refractivity contribution in [2.24, 2.45) is 0 Å². The molecule has 8 bridgehead atoms. The van der Waals surface area contributed by atoms with Crippen LogP contribution in [0.3, 0.4) is 0 Å². The summed E-state index contributed by atoms with van der Waals surface area (Å²) in [5, 5.41) is 0.0479. The van der Waals surface area contributed by atoms with Crippen molar-refractivity contribution in [1.82, 2.24) is 19.9 Å². The fourth-order valence-electron chi connectivity index (χ4n) is 9.73. The Labute approximate surface area is 381 Å². The van der Waals surface area contributed by atoms with Crippen molar-refractivity contribution in [3.8, 4) is 44.5 Å². The summed E-state index contributed by atoms with van der Waals surface area (Å²) in [4.78, 5) is 35.1. The summed E-state index contributed by atoms with van der Waals surface area (Å²) in [5.74, 6) is 0. The number of rotatable bonds is 5. The van der Waals surface area contributed by atoms with Gasteiger partial charge in [-0.05, 0) is 177 Å². The summed E-state index contributed by atoms with van der Waals surface area (Å²) in [6.07, 6.45) is 8.54. The quantitative estimate of drug-likeness (QED) is 0.127. The summed E-state index contributed by atoms with van der Waals surface area (Å²) >= 11 is 1.23. The largest absolute Gasteiger partial charge is 2.00 e. The minimum atomic E-state index is 0. The van der Waals surface area contributed by atoms with Crippen LogP contribution < -0.4 is 9.97 Å². The minimum absolute atomic E-state index is 0. The molecule has 0 atom stereocenters. The van der Waals surface area contributed by atoms with E-state index in [-0.39, 0.29) is 24.6 Å². The van der Waals surface area contributed by atoms with Crippen LogP contribution in [0.2, 0.25) is 0 Å². The second-order valence-electron chi connectivity index (χ2n) is 16.8. The standard InChI is InChI=1S/C55H48N4OS.Zn/c1-29-23-32(4)49(33(5)24-29)53-43-17-15-41(56-43)52(39-11-13-40(14-12-39)61-38(10)60)42-16-18-44(57-42)54(50-34(6)25-30(2)26-35(50)7)46-20-22-48(59-46)55(47-21-19-45(53)58-47)51-36(8)27-31(3)28-37(51)9;/h11-28H,1-10H3;/q-2;+2. The average Bonchev–Trinajstić information content (AvgIpc) is 4.02. The van der Waals surface area contributed by atoms with E-state index >= 15 is 0 Å². The van der Waals surface area contributed by atoms with Gasteiger partial charge in [-0.1, -0.05) is 101 Å². The molecule has 0 amide bonds. The van der Waals surface area contributed by atoms with E-state index < -0.39 is 0 Å². The van der Waals surface area contributed by atoms with Crippen molar-refractivity contribution in [1.29, 1.82) is 0 Å². The van der Waals surface area contributed by atoms with E-state index in [1.54, 1.807) is 6.92 Å². The van der Waals surface area contributed by atoms with Gasteiger partial charge in [0.25, 0.3) is 0 Å². The van der Waals surface area contributed by atoms with E-state index in [1.807, 2.05) is 12.1 Å². The number of aromatic nitrogens is 4. The van der Waals surface area contributed by atoms with Gasteiger partial charge in [-0.3, -0.25) is 4.79 Å². The number of nitrogens with zero attached hydrogens (tertiary/aromatic N) is 4. The molecule has 0 aliphatic carbocycles. The summed E-state index contributed by atoms with van der Waals surface area (Å²) in [6.45, 7) is 21.1. The van der Waals surface area contributed by atoms with Crippen molar-refractivity contribution < 1.29 is 24.3 Å². The predicted molar refractivity (Wildman–Crippen MR) is 258 cm³/mol. The predicted octanol–water partition coefficient (Wildman–Crippen LogP) is 14.0. The Morgan fingerprint density at radius 2 is 0.710 bits per heavy atom. The number of hydrogen-bond acceptors (Lipinski definition) is 4. The maximum absolute atomic E-state index is 12.0. The van der Waals surface area contributed by atoms with Gasteiger partial charge < -0.3 is 9.97 Å². The van der Waals surface area contributed by atoms with E-state index in [4.69, 9.17) is 19.9 Å². The molecule has 0 N–H and O–H groups in total. The van der Waals surface area contributed by atoms with E-state index in [9.17, 15) is 4.79 Å². The van der Waals surface area contributed by atoms with Crippen LogP contribution >= 0.6 is 11.8 Å². The fraction of sp³-hybridized carbons (Fsp3) is 0.182. The van der Waals surface area contributed by atoms with Gasteiger partial charge in [-0.2, -0.15) is 0 Å². The smallest absolute Gasteiger partial charge is 0.657 e. The van der Waals surface area contributed by atoms with Crippen molar-refractivity contribution in [2.45, 2.75) is 74.1 Å². The van der Waals surface area contributed by atoms with Gasteiger partial charge in [-0.25, -0.2) is 9.97 Å². The molecule has 0 fully saturated rings. The third kappa shape index (κ3) is 7.78. The first-order valence-electron chi connectivity index (χ1n) is 20.8. The molecule has 0 saturated carbocycles. The third-order valence-corrected chi connectivity index (χ3v) is 12.6. The monoisotopic (exact) mass is 876 g/mol. The second-order valence-corrected chi connectivity index (χ2v) is 18.1. The van der Waals surface area contributed by atoms with E-state index in [0.717, 1.165) is 94.2 Å². The number of benzene rings is 4. The molecule has 0 radical (unpaired) electrons. The molecule has 0 spiro atoms. The topological polar surface area (TPSA) is 71.1 Å². The zero-order valence-electron chi connectivity index (χ0n) is 37.2. The van der Waals surface area contributed by atoms with Gasteiger partial charge in [-0.15, -0.1) is 22.1 Å². The molecule has 4 aromatic carbocycles. The molecule has 5 heterocycles. The number of fused-ring (bicyclic) bond motifs is 8. The van der Waals surface area contributed by atoms with Crippen molar-refractivity contribution in [3.05, 3.63) is 158 Å². The molecule has 7 aromatic rings. The Kier molecular flexibility index (Phi) is 11.6.